The molecule has 26 heavy (non-hydrogen) atoms. The smallest absolute Gasteiger partial charge is 0.257 e. The Hall–Kier alpha value is -3.06. The molecule has 2 aromatic carbocycles. The number of nitrogens with zero attached hydrogens (tertiary/aromatic N) is 2. The van der Waals surface area contributed by atoms with Crippen LogP contribution in [0.15, 0.2) is 48.8 Å². The molecule has 0 saturated heterocycles. The molecule has 3 aromatic rings. The number of halogens is 3. The third-order valence-electron chi connectivity index (χ3n) is 3.68. The number of hydrogen-bond acceptors (Lipinski definition) is 3. The van der Waals surface area contributed by atoms with Crippen LogP contribution in [0.5, 0.6) is 0 Å². The van der Waals surface area contributed by atoms with Gasteiger partial charge in [0, 0.05) is 30.7 Å². The van der Waals surface area contributed by atoms with Gasteiger partial charge in [-0.1, -0.05) is 11.6 Å². The topological polar surface area (TPSA) is 64.0 Å². The minimum Gasteiger partial charge on any atom is -0.331 e. The Kier molecular flexibility index (Phi) is 4.81. The molecular weight excluding hydrogens is 364 g/mol. The van der Waals surface area contributed by atoms with Crippen LogP contribution in [-0.4, -0.2) is 21.2 Å². The number of hydrogen-bond donors (Lipinski definition) is 1. The van der Waals surface area contributed by atoms with E-state index in [2.05, 4.69) is 10.3 Å². The quantitative estimate of drug-likeness (QED) is 0.556. The fraction of sp³-hybridized carbons (Fsp3) is 0.0556. The van der Waals surface area contributed by atoms with Crippen molar-refractivity contribution in [2.45, 2.75) is 0 Å². The lowest BCUT2D eigenvalue weighted by atomic mass is 10.1. The normalized spacial score (nSPS) is 10.6. The summed E-state index contributed by atoms with van der Waals surface area (Å²) in [7, 11) is 1.71. The summed E-state index contributed by atoms with van der Waals surface area (Å²) in [6.45, 7) is 0. The van der Waals surface area contributed by atoms with Gasteiger partial charge in [0.2, 0.25) is 5.78 Å². The highest BCUT2D eigenvalue weighted by Crippen LogP contribution is 2.21. The van der Waals surface area contributed by atoms with Crippen molar-refractivity contribution in [3.05, 3.63) is 82.4 Å². The van der Waals surface area contributed by atoms with Crippen molar-refractivity contribution in [2.75, 3.05) is 5.32 Å². The van der Waals surface area contributed by atoms with Crippen molar-refractivity contribution >= 4 is 29.0 Å². The van der Waals surface area contributed by atoms with Crippen LogP contribution in [0.3, 0.4) is 0 Å². The highest BCUT2D eigenvalue weighted by molar-refractivity contribution is 6.34. The Bertz CT molecular complexity index is 1000. The van der Waals surface area contributed by atoms with Gasteiger partial charge in [-0.25, -0.2) is 13.8 Å². The molecule has 0 unspecified atom stereocenters. The third-order valence-corrected chi connectivity index (χ3v) is 4.00. The van der Waals surface area contributed by atoms with Crippen LogP contribution in [0, 0.1) is 11.6 Å². The zero-order valence-electron chi connectivity index (χ0n) is 13.5. The van der Waals surface area contributed by atoms with Gasteiger partial charge in [-0.15, -0.1) is 0 Å². The number of imidazole rings is 1. The molecule has 0 aliphatic rings. The van der Waals surface area contributed by atoms with Crippen molar-refractivity contribution in [1.29, 1.82) is 0 Å². The first kappa shape index (κ1) is 17.8. The average Bonchev–Trinajstić information content (AvgIpc) is 3.04. The average molecular weight is 376 g/mol. The number of rotatable bonds is 4. The summed E-state index contributed by atoms with van der Waals surface area (Å²) in [5.74, 6) is -2.98. The Balaban J connectivity index is 1.77. The Labute approximate surface area is 152 Å². The second-order valence-corrected chi connectivity index (χ2v) is 5.88. The first-order chi connectivity index (χ1) is 12.4. The monoisotopic (exact) mass is 375 g/mol. The molecule has 3 rings (SSSR count). The van der Waals surface area contributed by atoms with Gasteiger partial charge >= 0.3 is 0 Å². The molecule has 132 valence electrons. The lowest BCUT2D eigenvalue weighted by Crippen LogP contribution is -2.14. The molecule has 8 heteroatoms. The molecule has 0 radical (unpaired) electrons. The number of ketones is 1. The van der Waals surface area contributed by atoms with E-state index in [4.69, 9.17) is 11.6 Å². The molecule has 0 bridgehead atoms. The highest BCUT2D eigenvalue weighted by Gasteiger charge is 2.16. The van der Waals surface area contributed by atoms with E-state index in [1.807, 2.05) is 0 Å². The number of aromatic nitrogens is 2. The van der Waals surface area contributed by atoms with Crippen LogP contribution in [0.25, 0.3) is 0 Å². The number of anilines is 1. The molecule has 0 spiro atoms. The molecule has 0 aliphatic heterocycles. The molecule has 1 aromatic heterocycles. The van der Waals surface area contributed by atoms with Gasteiger partial charge in [-0.2, -0.15) is 0 Å². The van der Waals surface area contributed by atoms with Gasteiger partial charge < -0.3 is 9.88 Å². The molecule has 1 N–H and O–H groups in total. The summed E-state index contributed by atoms with van der Waals surface area (Å²) >= 11 is 5.78. The van der Waals surface area contributed by atoms with Crippen molar-refractivity contribution in [3.63, 3.8) is 0 Å². The van der Waals surface area contributed by atoms with Crippen molar-refractivity contribution in [3.8, 4) is 0 Å². The van der Waals surface area contributed by atoms with Gasteiger partial charge in [0.15, 0.2) is 17.5 Å². The van der Waals surface area contributed by atoms with E-state index in [9.17, 15) is 18.4 Å². The van der Waals surface area contributed by atoms with Crippen molar-refractivity contribution in [1.82, 2.24) is 9.55 Å². The fourth-order valence-corrected chi connectivity index (χ4v) is 2.55. The second-order valence-electron chi connectivity index (χ2n) is 5.47. The Morgan fingerprint density at radius 2 is 1.77 bits per heavy atom. The van der Waals surface area contributed by atoms with E-state index in [0.717, 1.165) is 12.1 Å². The van der Waals surface area contributed by atoms with Crippen LogP contribution in [-0.2, 0) is 7.05 Å². The summed E-state index contributed by atoms with van der Waals surface area (Å²) in [6, 6.07) is 7.55. The van der Waals surface area contributed by atoms with Gasteiger partial charge in [0.25, 0.3) is 5.91 Å². The Morgan fingerprint density at radius 1 is 1.12 bits per heavy atom. The summed E-state index contributed by atoms with van der Waals surface area (Å²) < 4.78 is 28.0. The van der Waals surface area contributed by atoms with E-state index < -0.39 is 17.5 Å². The zero-order chi connectivity index (χ0) is 18.8. The maximum Gasteiger partial charge on any atom is 0.257 e. The van der Waals surface area contributed by atoms with E-state index in [0.29, 0.717) is 11.3 Å². The largest absolute Gasteiger partial charge is 0.331 e. The van der Waals surface area contributed by atoms with Crippen LogP contribution in [0.2, 0.25) is 5.02 Å². The molecule has 0 atom stereocenters. The van der Waals surface area contributed by atoms with Gasteiger partial charge in [-0.05, 0) is 36.4 Å². The first-order valence-corrected chi connectivity index (χ1v) is 7.82. The molecule has 0 fully saturated rings. The fourth-order valence-electron chi connectivity index (χ4n) is 2.31. The molecular formula is C18H12ClF2N3O2. The predicted octanol–water partition coefficient (Wildman–Crippen LogP) is 3.84. The van der Waals surface area contributed by atoms with Crippen LogP contribution in [0.1, 0.15) is 26.5 Å². The third kappa shape index (κ3) is 3.48. The van der Waals surface area contributed by atoms with E-state index in [1.54, 1.807) is 17.8 Å². The summed E-state index contributed by atoms with van der Waals surface area (Å²) in [6.07, 6.45) is 3.18. The van der Waals surface area contributed by atoms with Crippen molar-refractivity contribution in [2.24, 2.45) is 7.05 Å². The summed E-state index contributed by atoms with van der Waals surface area (Å²) in [5.41, 5.74) is 0.564. The van der Waals surface area contributed by atoms with Crippen molar-refractivity contribution < 1.29 is 18.4 Å². The maximum absolute atomic E-state index is 13.3. The van der Waals surface area contributed by atoms with Crippen LogP contribution >= 0.6 is 11.6 Å². The number of amides is 1. The summed E-state index contributed by atoms with van der Waals surface area (Å²) in [5, 5.41) is 2.31. The molecule has 0 saturated carbocycles. The number of aryl methyl sites for hydroxylation is 1. The Morgan fingerprint density at radius 3 is 2.38 bits per heavy atom. The predicted molar refractivity (Wildman–Crippen MR) is 92.4 cm³/mol. The molecule has 0 aliphatic carbocycles. The molecule has 1 heterocycles. The van der Waals surface area contributed by atoms with Crippen LogP contribution in [0.4, 0.5) is 14.5 Å². The number of nitrogens with one attached hydrogen (secondary N) is 1. The number of carbonyl (C=O) groups excluding carboxylic acids is 2. The second kappa shape index (κ2) is 7.05. The van der Waals surface area contributed by atoms with E-state index in [-0.39, 0.29) is 22.2 Å². The standard InChI is InChI=1S/C18H12ClF2N3O2/c1-24-7-6-22-17(24)16(25)10-2-4-11(5-3-10)23-18(26)12-8-14(20)15(21)9-13(12)19/h2-9H,1H3,(H,23,26). The van der Waals surface area contributed by atoms with Gasteiger partial charge in [0.05, 0.1) is 10.6 Å². The number of benzene rings is 2. The van der Waals surface area contributed by atoms with E-state index in [1.165, 1.54) is 30.5 Å². The van der Waals surface area contributed by atoms with Crippen LogP contribution < -0.4 is 5.32 Å². The number of carbonyl (C=O) groups is 2. The lowest BCUT2D eigenvalue weighted by molar-refractivity contribution is 0.102. The maximum atomic E-state index is 13.3. The molecule has 1 amide bonds. The minimum atomic E-state index is -1.17. The summed E-state index contributed by atoms with van der Waals surface area (Å²) in [4.78, 5) is 28.5. The SMILES string of the molecule is Cn1ccnc1C(=O)c1ccc(NC(=O)c2cc(F)c(F)cc2Cl)cc1. The van der Waals surface area contributed by atoms with Gasteiger partial charge in [0.1, 0.15) is 0 Å². The molecule has 5 nitrogen and oxygen atoms in total. The van der Waals surface area contributed by atoms with E-state index >= 15 is 0 Å². The zero-order valence-corrected chi connectivity index (χ0v) is 14.2. The lowest BCUT2D eigenvalue weighted by Gasteiger charge is -2.08. The van der Waals surface area contributed by atoms with Gasteiger partial charge in [-0.3, -0.25) is 9.59 Å². The first-order valence-electron chi connectivity index (χ1n) is 7.45. The highest BCUT2D eigenvalue weighted by atomic mass is 35.5. The minimum absolute atomic E-state index is 0.196.